The van der Waals surface area contributed by atoms with E-state index in [0.29, 0.717) is 12.8 Å². The zero-order valence-electron chi connectivity index (χ0n) is 9.40. The molecule has 0 heterocycles. The smallest absolute Gasteiger partial charge is 0.323 e. The molecule has 0 saturated heterocycles. The monoisotopic (exact) mass is 255 g/mol. The summed E-state index contributed by atoms with van der Waals surface area (Å²) in [5, 5.41) is 8.71. The van der Waals surface area contributed by atoms with Crippen LogP contribution in [0.3, 0.4) is 0 Å². The van der Waals surface area contributed by atoms with Gasteiger partial charge in [-0.25, -0.2) is 8.78 Å². The Morgan fingerprint density at radius 3 is 2.28 bits per heavy atom. The molecule has 6 heteroatoms. The maximum absolute atomic E-state index is 13.4. The first-order valence-electron chi connectivity index (χ1n) is 5.47. The molecule has 18 heavy (non-hydrogen) atoms. The third-order valence-electron chi connectivity index (χ3n) is 2.73. The fraction of sp³-hybridized carbons (Fsp3) is 0.333. The fourth-order valence-corrected chi connectivity index (χ4v) is 1.74. The highest BCUT2D eigenvalue weighted by molar-refractivity contribution is 5.96. The molecule has 0 spiro atoms. The topological polar surface area (TPSA) is 57.6 Å². The molecule has 0 aliphatic heterocycles. The van der Waals surface area contributed by atoms with Crippen molar-refractivity contribution in [3.8, 4) is 0 Å². The van der Waals surface area contributed by atoms with Gasteiger partial charge >= 0.3 is 5.97 Å². The van der Waals surface area contributed by atoms with Crippen molar-refractivity contribution in [1.82, 2.24) is 4.90 Å². The number of hydrogen-bond donors (Lipinski definition) is 1. The van der Waals surface area contributed by atoms with Crippen molar-refractivity contribution < 1.29 is 23.5 Å². The second kappa shape index (κ2) is 4.72. The van der Waals surface area contributed by atoms with Gasteiger partial charge in [0.15, 0.2) is 0 Å². The lowest BCUT2D eigenvalue weighted by molar-refractivity contribution is -0.137. The summed E-state index contributed by atoms with van der Waals surface area (Å²) in [6.07, 6.45) is 1.32. The first-order chi connectivity index (χ1) is 8.50. The Bertz CT molecular complexity index is 480. The molecule has 1 aliphatic carbocycles. The third-order valence-corrected chi connectivity index (χ3v) is 2.73. The summed E-state index contributed by atoms with van der Waals surface area (Å²) in [6, 6.07) is 2.87. The molecule has 1 N–H and O–H groups in total. The maximum Gasteiger partial charge on any atom is 0.323 e. The minimum absolute atomic E-state index is 0.229. The van der Waals surface area contributed by atoms with E-state index in [4.69, 9.17) is 5.11 Å². The molecular formula is C12H11F2NO3. The Kier molecular flexibility index (Phi) is 3.27. The molecule has 1 amide bonds. The van der Waals surface area contributed by atoms with Gasteiger partial charge in [0.1, 0.15) is 23.7 Å². The van der Waals surface area contributed by atoms with Crippen LogP contribution in [-0.4, -0.2) is 34.5 Å². The van der Waals surface area contributed by atoms with Crippen molar-refractivity contribution in [2.75, 3.05) is 6.54 Å². The number of carbonyl (C=O) groups excluding carboxylic acids is 1. The van der Waals surface area contributed by atoms with E-state index in [-0.39, 0.29) is 6.04 Å². The molecule has 1 aromatic rings. The van der Waals surface area contributed by atoms with Crippen molar-refractivity contribution in [1.29, 1.82) is 0 Å². The van der Waals surface area contributed by atoms with E-state index in [1.807, 2.05) is 0 Å². The lowest BCUT2D eigenvalue weighted by Crippen LogP contribution is -2.38. The molecule has 0 aromatic heterocycles. The number of benzene rings is 1. The quantitative estimate of drug-likeness (QED) is 0.890. The Morgan fingerprint density at radius 2 is 1.83 bits per heavy atom. The molecule has 2 rings (SSSR count). The van der Waals surface area contributed by atoms with Gasteiger partial charge in [0.05, 0.1) is 0 Å². The summed E-state index contributed by atoms with van der Waals surface area (Å²) in [4.78, 5) is 23.7. The first-order valence-corrected chi connectivity index (χ1v) is 5.47. The lowest BCUT2D eigenvalue weighted by atomic mass is 10.1. The Morgan fingerprint density at radius 1 is 1.28 bits per heavy atom. The zero-order valence-corrected chi connectivity index (χ0v) is 9.40. The predicted octanol–water partition coefficient (Wildman–Crippen LogP) is 1.65. The van der Waals surface area contributed by atoms with Crippen LogP contribution < -0.4 is 0 Å². The number of halogens is 2. The summed E-state index contributed by atoms with van der Waals surface area (Å²) < 4.78 is 26.9. The Hall–Kier alpha value is -1.98. The summed E-state index contributed by atoms with van der Waals surface area (Å²) in [6.45, 7) is -0.544. The first kappa shape index (κ1) is 12.5. The summed E-state index contributed by atoms with van der Waals surface area (Å²) in [7, 11) is 0. The minimum Gasteiger partial charge on any atom is -0.480 e. The van der Waals surface area contributed by atoms with Crippen LogP contribution >= 0.6 is 0 Å². The van der Waals surface area contributed by atoms with Gasteiger partial charge in [-0.05, 0) is 25.0 Å². The van der Waals surface area contributed by atoms with Gasteiger partial charge in [0.2, 0.25) is 0 Å². The SMILES string of the molecule is O=C(O)CN(C(=O)c1c(F)cccc1F)C1CC1. The summed E-state index contributed by atoms with van der Waals surface area (Å²) in [5.74, 6) is -4.06. The van der Waals surface area contributed by atoms with Crippen molar-refractivity contribution >= 4 is 11.9 Å². The highest BCUT2D eigenvalue weighted by atomic mass is 19.1. The predicted molar refractivity (Wildman–Crippen MR) is 58.1 cm³/mol. The van der Waals surface area contributed by atoms with Gasteiger partial charge in [-0.15, -0.1) is 0 Å². The summed E-state index contributed by atoms with van der Waals surface area (Å²) in [5.41, 5.74) is -0.689. The second-order valence-electron chi connectivity index (χ2n) is 4.15. The molecule has 96 valence electrons. The normalized spacial score (nSPS) is 14.3. The number of hydrogen-bond acceptors (Lipinski definition) is 2. The van der Waals surface area contributed by atoms with E-state index in [2.05, 4.69) is 0 Å². The molecule has 0 unspecified atom stereocenters. The van der Waals surface area contributed by atoms with Gasteiger partial charge in [-0.2, -0.15) is 0 Å². The largest absolute Gasteiger partial charge is 0.480 e. The number of carboxylic acids is 1. The number of carbonyl (C=O) groups is 2. The lowest BCUT2D eigenvalue weighted by Gasteiger charge is -2.20. The standard InChI is InChI=1S/C12H11F2NO3/c13-8-2-1-3-9(14)11(8)12(18)15(6-10(16)17)7-4-5-7/h1-3,7H,4-6H2,(H,16,17). The van der Waals surface area contributed by atoms with Crippen LogP contribution in [0.4, 0.5) is 8.78 Å². The van der Waals surface area contributed by atoms with Crippen molar-refractivity contribution in [3.63, 3.8) is 0 Å². The van der Waals surface area contributed by atoms with Crippen LogP contribution in [0.15, 0.2) is 18.2 Å². The number of carboxylic acid groups (broad SMARTS) is 1. The molecule has 0 radical (unpaired) electrons. The van der Waals surface area contributed by atoms with Gasteiger partial charge in [0, 0.05) is 6.04 Å². The molecule has 1 fully saturated rings. The van der Waals surface area contributed by atoms with Crippen molar-refractivity contribution in [2.45, 2.75) is 18.9 Å². The average molecular weight is 255 g/mol. The van der Waals surface area contributed by atoms with Crippen molar-refractivity contribution in [2.24, 2.45) is 0 Å². The summed E-state index contributed by atoms with van der Waals surface area (Å²) >= 11 is 0. The highest BCUT2D eigenvalue weighted by Gasteiger charge is 2.36. The van der Waals surface area contributed by atoms with Gasteiger partial charge in [-0.3, -0.25) is 9.59 Å². The molecule has 0 atom stereocenters. The van der Waals surface area contributed by atoms with Crippen LogP contribution in [0.2, 0.25) is 0 Å². The second-order valence-corrected chi connectivity index (χ2v) is 4.15. The van der Waals surface area contributed by atoms with Gasteiger partial charge in [0.25, 0.3) is 5.91 Å². The van der Waals surface area contributed by atoms with Gasteiger partial charge < -0.3 is 10.0 Å². The highest BCUT2D eigenvalue weighted by Crippen LogP contribution is 2.29. The van der Waals surface area contributed by atoms with Crippen molar-refractivity contribution in [3.05, 3.63) is 35.4 Å². The van der Waals surface area contributed by atoms with Gasteiger partial charge in [-0.1, -0.05) is 6.07 Å². The van der Waals surface area contributed by atoms with E-state index in [1.165, 1.54) is 0 Å². The average Bonchev–Trinajstić information content (AvgIpc) is 3.09. The fourth-order valence-electron chi connectivity index (χ4n) is 1.74. The van der Waals surface area contributed by atoms with Crippen LogP contribution in [0.1, 0.15) is 23.2 Å². The molecule has 4 nitrogen and oxygen atoms in total. The zero-order chi connectivity index (χ0) is 13.3. The molecule has 1 aromatic carbocycles. The van der Waals surface area contributed by atoms with E-state index in [1.54, 1.807) is 0 Å². The Balaban J connectivity index is 2.30. The number of nitrogens with zero attached hydrogens (tertiary/aromatic N) is 1. The maximum atomic E-state index is 13.4. The number of rotatable bonds is 4. The number of amides is 1. The van der Waals surface area contributed by atoms with Crippen LogP contribution in [-0.2, 0) is 4.79 Å². The van der Waals surface area contributed by atoms with E-state index < -0.39 is 35.6 Å². The molecule has 1 saturated carbocycles. The molecule has 0 bridgehead atoms. The van der Waals surface area contributed by atoms with E-state index in [0.717, 1.165) is 23.1 Å². The van der Waals surface area contributed by atoms with E-state index >= 15 is 0 Å². The number of aliphatic carboxylic acids is 1. The van der Waals surface area contributed by atoms with E-state index in [9.17, 15) is 18.4 Å². The third kappa shape index (κ3) is 2.47. The minimum atomic E-state index is -1.20. The van der Waals surface area contributed by atoms with Crippen LogP contribution in [0.25, 0.3) is 0 Å². The molecule has 1 aliphatic rings. The molecular weight excluding hydrogens is 244 g/mol. The van der Waals surface area contributed by atoms with Crippen LogP contribution in [0, 0.1) is 11.6 Å². The van der Waals surface area contributed by atoms with Crippen LogP contribution in [0.5, 0.6) is 0 Å². The Labute approximate surface area is 102 Å².